The molecule has 0 spiro atoms. The largest absolute Gasteiger partial charge is 0.481 e. The first-order valence-corrected chi connectivity index (χ1v) is 5.64. The molecule has 0 aliphatic heterocycles. The van der Waals surface area contributed by atoms with E-state index in [1.54, 1.807) is 11.4 Å². The fourth-order valence-corrected chi connectivity index (χ4v) is 3.49. The van der Waals surface area contributed by atoms with E-state index in [0.29, 0.717) is 11.4 Å². The number of hydrogen-bond acceptors (Lipinski definition) is 2. The molecular weight excluding hydrogens is 220 g/mol. The lowest BCUT2D eigenvalue weighted by atomic mass is 9.94. The predicted molar refractivity (Wildman–Crippen MR) is 57.0 cm³/mol. The Kier molecular flexibility index (Phi) is 1.95. The average molecular weight is 231 g/mol. The molecule has 0 saturated heterocycles. The maximum absolute atomic E-state index is 11.3. The Labute approximate surface area is 91.5 Å². The van der Waals surface area contributed by atoms with Crippen LogP contribution in [0.3, 0.4) is 0 Å². The van der Waals surface area contributed by atoms with Crippen LogP contribution in [0.15, 0.2) is 11.4 Å². The number of thiophene rings is 1. The van der Waals surface area contributed by atoms with Gasteiger partial charge in [0.15, 0.2) is 0 Å². The first-order chi connectivity index (χ1) is 6.40. The molecule has 0 bridgehead atoms. The van der Waals surface area contributed by atoms with Gasteiger partial charge in [-0.15, -0.1) is 11.3 Å². The molecule has 1 heterocycles. The third-order valence-corrected chi connectivity index (χ3v) is 4.53. The maximum Gasteiger partial charge on any atom is 0.315 e. The molecule has 0 amide bonds. The van der Waals surface area contributed by atoms with Crippen molar-refractivity contribution in [3.8, 4) is 0 Å². The van der Waals surface area contributed by atoms with Gasteiger partial charge in [0.2, 0.25) is 0 Å². The minimum absolute atomic E-state index is 0.146. The first-order valence-electron chi connectivity index (χ1n) is 4.38. The van der Waals surface area contributed by atoms with Crippen LogP contribution in [0.25, 0.3) is 0 Å². The Bertz CT molecular complexity index is 397. The van der Waals surface area contributed by atoms with E-state index in [0.717, 1.165) is 4.88 Å². The summed E-state index contributed by atoms with van der Waals surface area (Å²) in [4.78, 5) is 12.1. The number of aliphatic carboxylic acids is 1. The van der Waals surface area contributed by atoms with Gasteiger partial charge in [0.25, 0.3) is 0 Å². The summed E-state index contributed by atoms with van der Waals surface area (Å²) in [6.07, 6.45) is 0.701. The summed E-state index contributed by atoms with van der Waals surface area (Å²) in [5.41, 5.74) is -0.835. The standard InChI is InChI=1S/C10H11ClO2S/c1-9(2)5-10(9,8(12)13)7-3-6(11)4-14-7/h3-4H,5H2,1-2H3,(H,12,13). The van der Waals surface area contributed by atoms with Crippen molar-refractivity contribution in [1.29, 1.82) is 0 Å². The third kappa shape index (κ3) is 1.12. The zero-order valence-electron chi connectivity index (χ0n) is 8.00. The predicted octanol–water partition coefficient (Wildman–Crippen LogP) is 3.15. The van der Waals surface area contributed by atoms with Crippen LogP contribution in [0.2, 0.25) is 5.02 Å². The summed E-state index contributed by atoms with van der Waals surface area (Å²) in [7, 11) is 0. The molecule has 1 N–H and O–H groups in total. The molecule has 1 unspecified atom stereocenters. The lowest BCUT2D eigenvalue weighted by Gasteiger charge is -2.13. The highest BCUT2D eigenvalue weighted by molar-refractivity contribution is 7.10. The molecule has 1 aromatic heterocycles. The Morgan fingerprint density at radius 2 is 2.21 bits per heavy atom. The van der Waals surface area contributed by atoms with Gasteiger partial charge in [0.1, 0.15) is 5.41 Å². The summed E-state index contributed by atoms with van der Waals surface area (Å²) >= 11 is 7.25. The van der Waals surface area contributed by atoms with Crippen LogP contribution in [0, 0.1) is 5.41 Å². The minimum atomic E-state index is -0.735. The maximum atomic E-state index is 11.3. The van der Waals surface area contributed by atoms with Crippen molar-refractivity contribution in [1.82, 2.24) is 0 Å². The smallest absolute Gasteiger partial charge is 0.315 e. The normalized spacial score (nSPS) is 28.8. The molecule has 1 aliphatic carbocycles. The van der Waals surface area contributed by atoms with Crippen molar-refractivity contribution in [2.24, 2.45) is 5.41 Å². The number of carbonyl (C=O) groups is 1. The lowest BCUT2D eigenvalue weighted by Crippen LogP contribution is -2.24. The minimum Gasteiger partial charge on any atom is -0.481 e. The van der Waals surface area contributed by atoms with Gasteiger partial charge < -0.3 is 5.11 Å². The Morgan fingerprint density at radius 3 is 2.50 bits per heavy atom. The molecule has 76 valence electrons. The molecule has 0 radical (unpaired) electrons. The van der Waals surface area contributed by atoms with Crippen molar-refractivity contribution in [3.05, 3.63) is 21.3 Å². The quantitative estimate of drug-likeness (QED) is 0.848. The number of carboxylic acid groups (broad SMARTS) is 1. The van der Waals surface area contributed by atoms with Gasteiger partial charge in [0.05, 0.1) is 5.02 Å². The fourth-order valence-electron chi connectivity index (χ4n) is 2.05. The van der Waals surface area contributed by atoms with Crippen LogP contribution in [0.1, 0.15) is 25.1 Å². The molecule has 1 atom stereocenters. The summed E-state index contributed by atoms with van der Waals surface area (Å²) < 4.78 is 0. The van der Waals surface area contributed by atoms with Crippen LogP contribution in [0.5, 0.6) is 0 Å². The van der Waals surface area contributed by atoms with E-state index < -0.39 is 11.4 Å². The molecule has 14 heavy (non-hydrogen) atoms. The van der Waals surface area contributed by atoms with Crippen molar-refractivity contribution in [2.45, 2.75) is 25.7 Å². The molecule has 1 saturated carbocycles. The van der Waals surface area contributed by atoms with Crippen LogP contribution in [-0.4, -0.2) is 11.1 Å². The van der Waals surface area contributed by atoms with E-state index in [2.05, 4.69) is 0 Å². The molecule has 2 rings (SSSR count). The number of carboxylic acids is 1. The van der Waals surface area contributed by atoms with E-state index in [9.17, 15) is 9.90 Å². The van der Waals surface area contributed by atoms with Crippen LogP contribution < -0.4 is 0 Å². The van der Waals surface area contributed by atoms with E-state index in [-0.39, 0.29) is 5.41 Å². The summed E-state index contributed by atoms with van der Waals surface area (Å²) in [5.74, 6) is -0.735. The second-order valence-electron chi connectivity index (χ2n) is 4.40. The highest BCUT2D eigenvalue weighted by Gasteiger charge is 2.68. The average Bonchev–Trinajstić information content (AvgIpc) is 2.44. The molecule has 4 heteroatoms. The summed E-state index contributed by atoms with van der Waals surface area (Å²) in [6.45, 7) is 3.96. The molecule has 1 fully saturated rings. The topological polar surface area (TPSA) is 37.3 Å². The number of rotatable bonds is 2. The summed E-state index contributed by atoms with van der Waals surface area (Å²) in [6, 6.07) is 1.77. The highest BCUT2D eigenvalue weighted by Crippen LogP contribution is 2.65. The van der Waals surface area contributed by atoms with Gasteiger partial charge in [0, 0.05) is 10.3 Å². The molecule has 0 aromatic carbocycles. The Balaban J connectivity index is 2.46. The lowest BCUT2D eigenvalue weighted by molar-refractivity contribution is -0.140. The summed E-state index contributed by atoms with van der Waals surface area (Å²) in [5, 5.41) is 11.7. The van der Waals surface area contributed by atoms with Crippen molar-refractivity contribution >= 4 is 28.9 Å². The molecular formula is C10H11ClO2S. The van der Waals surface area contributed by atoms with Gasteiger partial charge >= 0.3 is 5.97 Å². The van der Waals surface area contributed by atoms with Crippen LogP contribution in [0.4, 0.5) is 0 Å². The van der Waals surface area contributed by atoms with Crippen molar-refractivity contribution in [2.75, 3.05) is 0 Å². The Morgan fingerprint density at radius 1 is 1.64 bits per heavy atom. The van der Waals surface area contributed by atoms with E-state index in [4.69, 9.17) is 11.6 Å². The number of halogens is 1. The highest BCUT2D eigenvalue weighted by atomic mass is 35.5. The third-order valence-electron chi connectivity index (χ3n) is 3.09. The van der Waals surface area contributed by atoms with E-state index in [1.165, 1.54) is 11.3 Å². The van der Waals surface area contributed by atoms with E-state index in [1.807, 2.05) is 13.8 Å². The van der Waals surface area contributed by atoms with Crippen LogP contribution in [-0.2, 0) is 10.2 Å². The second-order valence-corrected chi connectivity index (χ2v) is 5.75. The molecule has 1 aromatic rings. The SMILES string of the molecule is CC1(C)CC1(C(=O)O)c1cc(Cl)cs1. The van der Waals surface area contributed by atoms with Gasteiger partial charge in [-0.3, -0.25) is 4.79 Å². The zero-order chi connectivity index (χ0) is 10.6. The fraction of sp³-hybridized carbons (Fsp3) is 0.500. The molecule has 1 aliphatic rings. The van der Waals surface area contributed by atoms with Crippen molar-refractivity contribution < 1.29 is 9.90 Å². The van der Waals surface area contributed by atoms with E-state index >= 15 is 0 Å². The molecule has 2 nitrogen and oxygen atoms in total. The monoisotopic (exact) mass is 230 g/mol. The number of hydrogen-bond donors (Lipinski definition) is 1. The Hall–Kier alpha value is -0.540. The second kappa shape index (κ2) is 2.74. The van der Waals surface area contributed by atoms with Gasteiger partial charge in [-0.2, -0.15) is 0 Å². The zero-order valence-corrected chi connectivity index (χ0v) is 9.58. The van der Waals surface area contributed by atoms with Gasteiger partial charge in [-0.05, 0) is 17.9 Å². The van der Waals surface area contributed by atoms with Gasteiger partial charge in [-0.1, -0.05) is 25.4 Å². The first kappa shape index (κ1) is 9.99. The van der Waals surface area contributed by atoms with Crippen molar-refractivity contribution in [3.63, 3.8) is 0 Å². The van der Waals surface area contributed by atoms with Crippen LogP contribution >= 0.6 is 22.9 Å². The van der Waals surface area contributed by atoms with Gasteiger partial charge in [-0.25, -0.2) is 0 Å².